The van der Waals surface area contributed by atoms with Crippen molar-refractivity contribution in [3.05, 3.63) is 65.5 Å². The summed E-state index contributed by atoms with van der Waals surface area (Å²) in [7, 11) is 0. The summed E-state index contributed by atoms with van der Waals surface area (Å²) < 4.78 is 39.4. The Balaban J connectivity index is 1.67. The van der Waals surface area contributed by atoms with Crippen molar-refractivity contribution >= 4 is 17.3 Å². The molecule has 4 nitrogen and oxygen atoms in total. The molecule has 1 atom stereocenters. The molecule has 0 aromatic heterocycles. The number of hydrogen-bond donors (Lipinski definition) is 1. The third-order valence-electron chi connectivity index (χ3n) is 3.25. The average molecular weight is 320 g/mol. The van der Waals surface area contributed by atoms with Crippen LogP contribution < -0.4 is 5.32 Å². The molecule has 3 rings (SSSR count). The number of oxime groups is 1. The summed E-state index contributed by atoms with van der Waals surface area (Å²) in [4.78, 5) is 17.1. The van der Waals surface area contributed by atoms with E-state index < -0.39 is 29.5 Å². The fraction of sp³-hybridized carbons (Fsp3) is 0.125. The Labute approximate surface area is 129 Å². The minimum Gasteiger partial charge on any atom is -0.382 e. The standard InChI is InChI=1S/C16H11F3N2O2/c17-10-3-1-2-9(4-10)14-8-15(23-21-14)16(22)20-13-6-11(18)5-12(19)7-13/h1-7,15H,8H2,(H,20,22). The Morgan fingerprint density at radius 3 is 2.52 bits per heavy atom. The number of nitrogens with one attached hydrogen (secondary N) is 1. The molecule has 7 heteroatoms. The van der Waals surface area contributed by atoms with Crippen LogP contribution in [0, 0.1) is 17.5 Å². The maximum atomic E-state index is 13.2. The fourth-order valence-electron chi connectivity index (χ4n) is 2.21. The van der Waals surface area contributed by atoms with E-state index in [4.69, 9.17) is 4.84 Å². The van der Waals surface area contributed by atoms with Gasteiger partial charge < -0.3 is 10.2 Å². The Bertz CT molecular complexity index is 772. The Morgan fingerprint density at radius 1 is 1.09 bits per heavy atom. The Hall–Kier alpha value is -2.83. The maximum absolute atomic E-state index is 13.2. The molecular weight excluding hydrogens is 309 g/mol. The number of nitrogens with zero attached hydrogens (tertiary/aromatic N) is 1. The van der Waals surface area contributed by atoms with Crippen molar-refractivity contribution in [2.45, 2.75) is 12.5 Å². The summed E-state index contributed by atoms with van der Waals surface area (Å²) in [5.41, 5.74) is 0.919. The van der Waals surface area contributed by atoms with Gasteiger partial charge in [0.1, 0.15) is 17.5 Å². The third-order valence-corrected chi connectivity index (χ3v) is 3.25. The summed E-state index contributed by atoms with van der Waals surface area (Å²) in [5, 5.41) is 6.12. The SMILES string of the molecule is O=C(Nc1cc(F)cc(F)c1)C1CC(c2cccc(F)c2)=NO1. The van der Waals surface area contributed by atoms with Gasteiger partial charge in [-0.1, -0.05) is 17.3 Å². The van der Waals surface area contributed by atoms with Gasteiger partial charge >= 0.3 is 0 Å². The number of anilines is 1. The number of hydrogen-bond acceptors (Lipinski definition) is 3. The summed E-state index contributed by atoms with van der Waals surface area (Å²) in [6.45, 7) is 0. The lowest BCUT2D eigenvalue weighted by Crippen LogP contribution is -2.28. The lowest BCUT2D eigenvalue weighted by Gasteiger charge is -2.09. The first kappa shape index (κ1) is 15.1. The molecule has 0 saturated heterocycles. The van der Waals surface area contributed by atoms with Gasteiger partial charge in [-0.15, -0.1) is 0 Å². The lowest BCUT2D eigenvalue weighted by molar-refractivity contribution is -0.125. The minimum absolute atomic E-state index is 0.0182. The van der Waals surface area contributed by atoms with E-state index in [2.05, 4.69) is 10.5 Å². The van der Waals surface area contributed by atoms with E-state index in [0.717, 1.165) is 12.1 Å². The number of amides is 1. The van der Waals surface area contributed by atoms with Gasteiger partial charge in [-0.3, -0.25) is 4.79 Å². The minimum atomic E-state index is -0.945. The number of rotatable bonds is 3. The van der Waals surface area contributed by atoms with Gasteiger partial charge in [0, 0.05) is 23.7 Å². The van der Waals surface area contributed by atoms with E-state index in [9.17, 15) is 18.0 Å². The number of benzene rings is 2. The molecule has 1 aliphatic rings. The molecule has 0 aliphatic carbocycles. The molecule has 0 fully saturated rings. The van der Waals surface area contributed by atoms with Gasteiger partial charge in [0.05, 0.1) is 5.71 Å². The van der Waals surface area contributed by atoms with Crippen LogP contribution in [0.3, 0.4) is 0 Å². The van der Waals surface area contributed by atoms with Crippen LogP contribution in [-0.4, -0.2) is 17.7 Å². The highest BCUT2D eigenvalue weighted by Gasteiger charge is 2.29. The molecule has 0 spiro atoms. The zero-order chi connectivity index (χ0) is 16.4. The molecule has 118 valence electrons. The highest BCUT2D eigenvalue weighted by atomic mass is 19.1. The summed E-state index contributed by atoms with van der Waals surface area (Å²) in [5.74, 6) is -2.62. The molecule has 0 saturated carbocycles. The van der Waals surface area contributed by atoms with E-state index in [1.807, 2.05) is 0 Å². The van der Waals surface area contributed by atoms with Crippen molar-refractivity contribution < 1.29 is 22.8 Å². The van der Waals surface area contributed by atoms with Crippen LogP contribution in [0.1, 0.15) is 12.0 Å². The fourth-order valence-corrected chi connectivity index (χ4v) is 2.21. The molecule has 1 N–H and O–H groups in total. The molecule has 1 unspecified atom stereocenters. The van der Waals surface area contributed by atoms with Crippen LogP contribution in [0.25, 0.3) is 0 Å². The van der Waals surface area contributed by atoms with Gasteiger partial charge in [-0.2, -0.15) is 0 Å². The molecule has 2 aromatic rings. The zero-order valence-corrected chi connectivity index (χ0v) is 11.7. The molecule has 23 heavy (non-hydrogen) atoms. The molecule has 1 aliphatic heterocycles. The second kappa shape index (κ2) is 6.12. The van der Waals surface area contributed by atoms with Gasteiger partial charge in [0.25, 0.3) is 5.91 Å². The quantitative estimate of drug-likeness (QED) is 0.944. The zero-order valence-electron chi connectivity index (χ0n) is 11.7. The smallest absolute Gasteiger partial charge is 0.268 e. The second-order valence-electron chi connectivity index (χ2n) is 4.99. The second-order valence-corrected chi connectivity index (χ2v) is 4.99. The summed E-state index contributed by atoms with van der Waals surface area (Å²) in [6.07, 6.45) is -0.813. The van der Waals surface area contributed by atoms with E-state index >= 15 is 0 Å². The molecule has 1 amide bonds. The molecule has 2 aromatic carbocycles. The van der Waals surface area contributed by atoms with Crippen molar-refractivity contribution in [1.29, 1.82) is 0 Å². The first-order chi connectivity index (χ1) is 11.0. The van der Waals surface area contributed by atoms with Crippen molar-refractivity contribution in [2.24, 2.45) is 5.16 Å². The monoisotopic (exact) mass is 320 g/mol. The van der Waals surface area contributed by atoms with Crippen LogP contribution in [0.15, 0.2) is 47.6 Å². The lowest BCUT2D eigenvalue weighted by atomic mass is 10.0. The average Bonchev–Trinajstić information content (AvgIpc) is 2.96. The maximum Gasteiger partial charge on any atom is 0.268 e. The van der Waals surface area contributed by atoms with Crippen LogP contribution >= 0.6 is 0 Å². The Kier molecular flexibility index (Phi) is 4.01. The highest BCUT2D eigenvalue weighted by Crippen LogP contribution is 2.20. The van der Waals surface area contributed by atoms with E-state index in [1.54, 1.807) is 6.07 Å². The largest absolute Gasteiger partial charge is 0.382 e. The highest BCUT2D eigenvalue weighted by molar-refractivity contribution is 6.06. The van der Waals surface area contributed by atoms with Crippen LogP contribution in [0.2, 0.25) is 0 Å². The topological polar surface area (TPSA) is 50.7 Å². The van der Waals surface area contributed by atoms with E-state index in [-0.39, 0.29) is 12.1 Å². The van der Waals surface area contributed by atoms with Crippen molar-refractivity contribution in [3.63, 3.8) is 0 Å². The number of halogens is 3. The van der Waals surface area contributed by atoms with Crippen LogP contribution in [-0.2, 0) is 9.63 Å². The summed E-state index contributed by atoms with van der Waals surface area (Å²) in [6, 6.07) is 8.43. The predicted octanol–water partition coefficient (Wildman–Crippen LogP) is 3.24. The molecule has 0 radical (unpaired) electrons. The number of carbonyl (C=O) groups is 1. The van der Waals surface area contributed by atoms with Crippen molar-refractivity contribution in [2.75, 3.05) is 5.32 Å². The van der Waals surface area contributed by atoms with Gasteiger partial charge in [-0.25, -0.2) is 13.2 Å². The summed E-state index contributed by atoms with van der Waals surface area (Å²) >= 11 is 0. The van der Waals surface area contributed by atoms with E-state index in [1.165, 1.54) is 18.2 Å². The first-order valence-corrected chi connectivity index (χ1v) is 6.77. The van der Waals surface area contributed by atoms with Crippen LogP contribution in [0.5, 0.6) is 0 Å². The first-order valence-electron chi connectivity index (χ1n) is 6.77. The molecular formula is C16H11F3N2O2. The van der Waals surface area contributed by atoms with Gasteiger partial charge in [-0.05, 0) is 24.3 Å². The third kappa shape index (κ3) is 3.50. The van der Waals surface area contributed by atoms with Crippen molar-refractivity contribution in [3.8, 4) is 0 Å². The van der Waals surface area contributed by atoms with Crippen molar-refractivity contribution in [1.82, 2.24) is 0 Å². The van der Waals surface area contributed by atoms with Crippen LogP contribution in [0.4, 0.5) is 18.9 Å². The molecule has 1 heterocycles. The van der Waals surface area contributed by atoms with E-state index in [0.29, 0.717) is 17.3 Å². The van der Waals surface area contributed by atoms with Gasteiger partial charge in [0.2, 0.25) is 6.10 Å². The molecule has 0 bridgehead atoms. The Morgan fingerprint density at radius 2 is 1.83 bits per heavy atom. The predicted molar refractivity (Wildman–Crippen MR) is 77.4 cm³/mol. The van der Waals surface area contributed by atoms with Gasteiger partial charge in [0.15, 0.2) is 0 Å². The number of carbonyl (C=O) groups excluding carboxylic acids is 1. The normalized spacial score (nSPS) is 16.7.